The molecule has 1 N–H and O–H groups in total. The lowest BCUT2D eigenvalue weighted by atomic mass is 10.0. The van der Waals surface area contributed by atoms with Crippen molar-refractivity contribution in [2.75, 3.05) is 0 Å². The van der Waals surface area contributed by atoms with Gasteiger partial charge in [-0.3, -0.25) is 14.9 Å². The highest BCUT2D eigenvalue weighted by Gasteiger charge is 2.17. The number of halogens is 1. The number of carbonyl (C=O) groups is 1. The maximum absolute atomic E-state index is 12.1. The lowest BCUT2D eigenvalue weighted by Crippen LogP contribution is -2.32. The molecule has 0 aliphatic carbocycles. The molecule has 0 fully saturated rings. The lowest BCUT2D eigenvalue weighted by Gasteiger charge is -2.14. The summed E-state index contributed by atoms with van der Waals surface area (Å²) in [6, 6.07) is 4.10. The summed E-state index contributed by atoms with van der Waals surface area (Å²) in [6.07, 6.45) is 3.05. The highest BCUT2D eigenvalue weighted by molar-refractivity contribution is 6.32. The molecule has 6 heteroatoms. The number of hydrogen-bond donors (Lipinski definition) is 1. The van der Waals surface area contributed by atoms with Crippen molar-refractivity contribution in [3.05, 3.63) is 38.9 Å². The Morgan fingerprint density at radius 3 is 2.57 bits per heavy atom. The summed E-state index contributed by atoms with van der Waals surface area (Å²) in [5, 5.41) is 13.7. The summed E-state index contributed by atoms with van der Waals surface area (Å²) in [6.45, 7) is 6.26. The Labute approximate surface area is 129 Å². The van der Waals surface area contributed by atoms with Crippen molar-refractivity contribution < 1.29 is 9.72 Å². The normalized spacial score (nSPS) is 12.2. The molecule has 21 heavy (non-hydrogen) atoms. The maximum atomic E-state index is 12.1. The number of nitro benzene ring substituents is 1. The zero-order valence-corrected chi connectivity index (χ0v) is 13.3. The fourth-order valence-corrected chi connectivity index (χ4v) is 2.19. The van der Waals surface area contributed by atoms with Gasteiger partial charge in [-0.1, -0.05) is 38.3 Å². The molecule has 0 spiro atoms. The first-order valence-corrected chi connectivity index (χ1v) is 7.44. The van der Waals surface area contributed by atoms with Gasteiger partial charge >= 0.3 is 0 Å². The van der Waals surface area contributed by atoms with Gasteiger partial charge in [0.2, 0.25) is 0 Å². The fraction of sp³-hybridized carbons (Fsp3) is 0.533. The first-order valence-electron chi connectivity index (χ1n) is 7.06. The number of hydrogen-bond acceptors (Lipinski definition) is 3. The summed E-state index contributed by atoms with van der Waals surface area (Å²) in [4.78, 5) is 22.3. The van der Waals surface area contributed by atoms with Gasteiger partial charge in [0.25, 0.3) is 11.6 Å². The topological polar surface area (TPSA) is 72.2 Å². The summed E-state index contributed by atoms with van der Waals surface area (Å²) in [5.41, 5.74) is -0.00131. The average molecular weight is 313 g/mol. The molecule has 0 saturated carbocycles. The van der Waals surface area contributed by atoms with Gasteiger partial charge in [-0.05, 0) is 31.4 Å². The summed E-state index contributed by atoms with van der Waals surface area (Å²) in [7, 11) is 0. The molecule has 1 aromatic carbocycles. The molecule has 1 atom stereocenters. The molecule has 116 valence electrons. The Morgan fingerprint density at radius 1 is 1.33 bits per heavy atom. The van der Waals surface area contributed by atoms with Crippen molar-refractivity contribution in [3.8, 4) is 0 Å². The summed E-state index contributed by atoms with van der Waals surface area (Å²) in [5.74, 6) is 0.332. The predicted octanol–water partition coefficient (Wildman–Crippen LogP) is 4.19. The van der Waals surface area contributed by atoms with Crippen LogP contribution in [0.4, 0.5) is 5.69 Å². The molecule has 0 aliphatic heterocycles. The quantitative estimate of drug-likeness (QED) is 0.606. The Hall–Kier alpha value is -1.62. The Morgan fingerprint density at radius 2 is 2.00 bits per heavy atom. The second-order valence-electron chi connectivity index (χ2n) is 5.62. The predicted molar refractivity (Wildman–Crippen MR) is 83.7 cm³/mol. The molecule has 5 nitrogen and oxygen atoms in total. The van der Waals surface area contributed by atoms with E-state index < -0.39 is 4.92 Å². The highest BCUT2D eigenvalue weighted by atomic mass is 35.5. The first kappa shape index (κ1) is 17.4. The third-order valence-corrected chi connectivity index (χ3v) is 3.52. The van der Waals surface area contributed by atoms with Crippen molar-refractivity contribution in [3.63, 3.8) is 0 Å². The van der Waals surface area contributed by atoms with E-state index in [1.165, 1.54) is 18.2 Å². The smallest absolute Gasteiger partial charge is 0.288 e. The molecule has 0 bridgehead atoms. The Bertz CT molecular complexity index is 518. The van der Waals surface area contributed by atoms with Crippen LogP contribution in [-0.2, 0) is 0 Å². The zero-order valence-electron chi connectivity index (χ0n) is 12.6. The van der Waals surface area contributed by atoms with E-state index in [-0.39, 0.29) is 28.2 Å². The van der Waals surface area contributed by atoms with E-state index in [0.717, 1.165) is 19.3 Å². The van der Waals surface area contributed by atoms with Gasteiger partial charge in [-0.25, -0.2) is 0 Å². The number of benzene rings is 1. The average Bonchev–Trinajstić information content (AvgIpc) is 2.38. The van der Waals surface area contributed by atoms with Crippen molar-refractivity contribution in [2.24, 2.45) is 5.92 Å². The molecule has 1 rings (SSSR count). The second kappa shape index (κ2) is 7.98. The van der Waals surface area contributed by atoms with Crippen LogP contribution in [0.15, 0.2) is 18.2 Å². The molecule has 0 saturated heterocycles. The Kier molecular flexibility index (Phi) is 6.62. The van der Waals surface area contributed by atoms with Crippen LogP contribution in [0.3, 0.4) is 0 Å². The van der Waals surface area contributed by atoms with E-state index in [9.17, 15) is 14.9 Å². The van der Waals surface area contributed by atoms with Gasteiger partial charge in [-0.15, -0.1) is 0 Å². The summed E-state index contributed by atoms with van der Waals surface area (Å²) >= 11 is 5.73. The van der Waals surface area contributed by atoms with Crippen LogP contribution < -0.4 is 5.32 Å². The third kappa shape index (κ3) is 5.71. The number of carbonyl (C=O) groups excluding carboxylic acids is 1. The largest absolute Gasteiger partial charge is 0.350 e. The van der Waals surface area contributed by atoms with Gasteiger partial charge in [0.15, 0.2) is 0 Å². The SMILES string of the molecule is CC(C)CCCC(C)NC(=O)c1ccc(Cl)c([N+](=O)[O-])c1. The number of nitrogens with one attached hydrogen (secondary N) is 1. The number of nitrogens with zero attached hydrogens (tertiary/aromatic N) is 1. The monoisotopic (exact) mass is 312 g/mol. The highest BCUT2D eigenvalue weighted by Crippen LogP contribution is 2.25. The Balaban J connectivity index is 2.63. The number of rotatable bonds is 7. The standard InChI is InChI=1S/C15H21ClN2O3/c1-10(2)5-4-6-11(3)17-15(19)12-7-8-13(16)14(9-12)18(20)21/h7-11H,4-6H2,1-3H3,(H,17,19). The van der Waals surface area contributed by atoms with Crippen molar-refractivity contribution >= 4 is 23.2 Å². The fourth-order valence-electron chi connectivity index (χ4n) is 2.01. The molecule has 1 amide bonds. The molecule has 0 heterocycles. The van der Waals surface area contributed by atoms with Crippen LogP contribution in [0.5, 0.6) is 0 Å². The van der Waals surface area contributed by atoms with Crippen LogP contribution >= 0.6 is 11.6 Å². The summed E-state index contributed by atoms with van der Waals surface area (Å²) < 4.78 is 0. The van der Waals surface area contributed by atoms with Gasteiger partial charge in [0.1, 0.15) is 5.02 Å². The minimum atomic E-state index is -0.592. The maximum Gasteiger partial charge on any atom is 0.288 e. The van der Waals surface area contributed by atoms with Crippen LogP contribution in [0.25, 0.3) is 0 Å². The van der Waals surface area contributed by atoms with Crippen molar-refractivity contribution in [1.29, 1.82) is 0 Å². The zero-order chi connectivity index (χ0) is 16.0. The van der Waals surface area contributed by atoms with Crippen LogP contribution in [0.2, 0.25) is 5.02 Å². The van der Waals surface area contributed by atoms with Crippen molar-refractivity contribution in [2.45, 2.75) is 46.1 Å². The van der Waals surface area contributed by atoms with Crippen molar-refractivity contribution in [1.82, 2.24) is 5.32 Å². The first-order chi connectivity index (χ1) is 9.81. The van der Waals surface area contributed by atoms with Gasteiger partial charge in [0.05, 0.1) is 4.92 Å². The molecular weight excluding hydrogens is 292 g/mol. The van der Waals surface area contributed by atoms with E-state index in [2.05, 4.69) is 19.2 Å². The van der Waals surface area contributed by atoms with E-state index in [1.807, 2.05) is 6.92 Å². The lowest BCUT2D eigenvalue weighted by molar-refractivity contribution is -0.384. The number of nitro groups is 1. The molecule has 1 aromatic rings. The van der Waals surface area contributed by atoms with E-state index in [1.54, 1.807) is 0 Å². The van der Waals surface area contributed by atoms with Crippen LogP contribution in [0.1, 0.15) is 50.4 Å². The third-order valence-electron chi connectivity index (χ3n) is 3.20. The van der Waals surface area contributed by atoms with Gasteiger partial charge in [0, 0.05) is 17.7 Å². The molecule has 0 aromatic heterocycles. The molecular formula is C15H21ClN2O3. The number of amides is 1. The van der Waals surface area contributed by atoms with Gasteiger partial charge < -0.3 is 5.32 Å². The van der Waals surface area contributed by atoms with E-state index in [0.29, 0.717) is 5.92 Å². The van der Waals surface area contributed by atoms with Gasteiger partial charge in [-0.2, -0.15) is 0 Å². The van der Waals surface area contributed by atoms with Crippen LogP contribution in [0, 0.1) is 16.0 Å². The van der Waals surface area contributed by atoms with Crippen LogP contribution in [-0.4, -0.2) is 16.9 Å². The molecule has 0 aliphatic rings. The minimum absolute atomic E-state index is 0.0292. The second-order valence-corrected chi connectivity index (χ2v) is 6.03. The van der Waals surface area contributed by atoms with E-state index >= 15 is 0 Å². The molecule has 0 radical (unpaired) electrons. The molecule has 1 unspecified atom stereocenters. The van der Waals surface area contributed by atoms with E-state index in [4.69, 9.17) is 11.6 Å². The minimum Gasteiger partial charge on any atom is -0.350 e.